The fraction of sp³-hybridized carbons (Fsp3) is 0.190. The SMILES string of the molecule is Cc1ccc(NC(=O)[C@H](C)Oc2cccc3ccccc23)c(C)c1. The topological polar surface area (TPSA) is 38.3 Å². The molecule has 1 amide bonds. The van der Waals surface area contributed by atoms with Crippen LogP contribution in [0.1, 0.15) is 18.1 Å². The first kappa shape index (κ1) is 16.1. The molecule has 0 aromatic heterocycles. The molecule has 0 saturated heterocycles. The van der Waals surface area contributed by atoms with Gasteiger partial charge in [-0.05, 0) is 43.9 Å². The van der Waals surface area contributed by atoms with Gasteiger partial charge in [-0.15, -0.1) is 0 Å². The van der Waals surface area contributed by atoms with Crippen LogP contribution in [0.4, 0.5) is 5.69 Å². The van der Waals surface area contributed by atoms with Gasteiger partial charge in [0.2, 0.25) is 0 Å². The van der Waals surface area contributed by atoms with E-state index >= 15 is 0 Å². The van der Waals surface area contributed by atoms with E-state index in [0.717, 1.165) is 27.8 Å². The summed E-state index contributed by atoms with van der Waals surface area (Å²) in [5.74, 6) is 0.561. The van der Waals surface area contributed by atoms with E-state index in [4.69, 9.17) is 4.74 Å². The predicted molar refractivity (Wildman–Crippen MR) is 98.6 cm³/mol. The standard InChI is InChI=1S/C21H21NO2/c1-14-11-12-19(15(2)13-14)22-21(23)16(3)24-20-10-6-8-17-7-4-5-9-18(17)20/h4-13,16H,1-3H3,(H,22,23)/t16-/m0/s1. The summed E-state index contributed by atoms with van der Waals surface area (Å²) in [6.07, 6.45) is -0.587. The van der Waals surface area contributed by atoms with Gasteiger partial charge >= 0.3 is 0 Å². The summed E-state index contributed by atoms with van der Waals surface area (Å²) >= 11 is 0. The first-order valence-electron chi connectivity index (χ1n) is 8.07. The molecule has 3 rings (SSSR count). The van der Waals surface area contributed by atoms with Gasteiger partial charge in [0, 0.05) is 11.1 Å². The van der Waals surface area contributed by atoms with Crippen LogP contribution >= 0.6 is 0 Å². The highest BCUT2D eigenvalue weighted by atomic mass is 16.5. The summed E-state index contributed by atoms with van der Waals surface area (Å²) in [4.78, 5) is 12.5. The quantitative estimate of drug-likeness (QED) is 0.745. The zero-order valence-corrected chi connectivity index (χ0v) is 14.2. The van der Waals surface area contributed by atoms with Crippen molar-refractivity contribution >= 4 is 22.4 Å². The van der Waals surface area contributed by atoms with Gasteiger partial charge < -0.3 is 10.1 Å². The molecule has 0 bridgehead atoms. The first-order valence-corrected chi connectivity index (χ1v) is 8.07. The lowest BCUT2D eigenvalue weighted by molar-refractivity contribution is -0.122. The number of fused-ring (bicyclic) bond motifs is 1. The molecule has 0 aliphatic rings. The Kier molecular flexibility index (Phi) is 4.52. The highest BCUT2D eigenvalue weighted by Gasteiger charge is 2.16. The lowest BCUT2D eigenvalue weighted by atomic mass is 10.1. The van der Waals surface area contributed by atoms with Gasteiger partial charge in [-0.25, -0.2) is 0 Å². The number of hydrogen-bond acceptors (Lipinski definition) is 2. The third kappa shape index (κ3) is 3.40. The first-order chi connectivity index (χ1) is 11.5. The number of benzene rings is 3. The van der Waals surface area contributed by atoms with Crippen LogP contribution in [-0.4, -0.2) is 12.0 Å². The molecule has 0 aliphatic heterocycles. The Balaban J connectivity index is 1.76. The van der Waals surface area contributed by atoms with E-state index in [9.17, 15) is 4.79 Å². The summed E-state index contributed by atoms with van der Waals surface area (Å²) in [5, 5.41) is 5.04. The maximum absolute atomic E-state index is 12.5. The van der Waals surface area contributed by atoms with Crippen molar-refractivity contribution in [2.75, 3.05) is 5.32 Å². The largest absolute Gasteiger partial charge is 0.480 e. The molecule has 0 unspecified atom stereocenters. The lowest BCUT2D eigenvalue weighted by Crippen LogP contribution is -2.30. The third-order valence-corrected chi connectivity index (χ3v) is 4.06. The van der Waals surface area contributed by atoms with Crippen LogP contribution in [0.3, 0.4) is 0 Å². The molecule has 0 heterocycles. The van der Waals surface area contributed by atoms with E-state index < -0.39 is 6.10 Å². The Morgan fingerprint density at radius 1 is 1.00 bits per heavy atom. The van der Waals surface area contributed by atoms with Crippen molar-refractivity contribution in [3.05, 3.63) is 71.8 Å². The fourth-order valence-corrected chi connectivity index (χ4v) is 2.73. The number of carbonyl (C=O) groups excluding carboxylic acids is 1. The number of amides is 1. The second kappa shape index (κ2) is 6.75. The Bertz CT molecular complexity index is 881. The molecule has 3 aromatic rings. The average Bonchev–Trinajstić information content (AvgIpc) is 2.57. The molecular formula is C21H21NO2. The molecule has 3 heteroatoms. The van der Waals surface area contributed by atoms with Crippen molar-refractivity contribution in [2.45, 2.75) is 26.9 Å². The smallest absolute Gasteiger partial charge is 0.265 e. The number of nitrogens with one attached hydrogen (secondary N) is 1. The van der Waals surface area contributed by atoms with Crippen molar-refractivity contribution in [3.63, 3.8) is 0 Å². The average molecular weight is 319 g/mol. The maximum Gasteiger partial charge on any atom is 0.265 e. The Hall–Kier alpha value is -2.81. The summed E-state index contributed by atoms with van der Waals surface area (Å²) in [6, 6.07) is 19.8. The van der Waals surface area contributed by atoms with Crippen LogP contribution in [0.2, 0.25) is 0 Å². The minimum absolute atomic E-state index is 0.158. The van der Waals surface area contributed by atoms with Gasteiger partial charge in [0.25, 0.3) is 5.91 Å². The van der Waals surface area contributed by atoms with Crippen LogP contribution in [0.25, 0.3) is 10.8 Å². The number of anilines is 1. The van der Waals surface area contributed by atoms with E-state index in [1.165, 1.54) is 5.56 Å². The van der Waals surface area contributed by atoms with Crippen LogP contribution in [0.5, 0.6) is 5.75 Å². The zero-order chi connectivity index (χ0) is 17.1. The van der Waals surface area contributed by atoms with E-state index in [-0.39, 0.29) is 5.91 Å². The van der Waals surface area contributed by atoms with Gasteiger partial charge in [0.1, 0.15) is 5.75 Å². The zero-order valence-electron chi connectivity index (χ0n) is 14.2. The lowest BCUT2D eigenvalue weighted by Gasteiger charge is -2.17. The van der Waals surface area contributed by atoms with Crippen molar-refractivity contribution < 1.29 is 9.53 Å². The van der Waals surface area contributed by atoms with Gasteiger partial charge in [0.05, 0.1) is 0 Å². The summed E-state index contributed by atoms with van der Waals surface area (Å²) < 4.78 is 5.91. The molecule has 122 valence electrons. The molecule has 0 spiro atoms. The number of ether oxygens (including phenoxy) is 1. The molecule has 0 saturated carbocycles. The maximum atomic E-state index is 12.5. The number of hydrogen-bond donors (Lipinski definition) is 1. The van der Waals surface area contributed by atoms with Crippen LogP contribution in [0, 0.1) is 13.8 Å². The highest BCUT2D eigenvalue weighted by Crippen LogP contribution is 2.26. The molecule has 1 atom stereocenters. The normalized spacial score (nSPS) is 12.0. The van der Waals surface area contributed by atoms with E-state index in [1.54, 1.807) is 6.92 Å². The van der Waals surface area contributed by atoms with E-state index in [0.29, 0.717) is 0 Å². The molecule has 0 aliphatic carbocycles. The molecule has 1 N–H and O–H groups in total. The van der Waals surface area contributed by atoms with Gasteiger partial charge in [0.15, 0.2) is 6.10 Å². The highest BCUT2D eigenvalue weighted by molar-refractivity contribution is 5.95. The van der Waals surface area contributed by atoms with E-state index in [1.807, 2.05) is 74.5 Å². The van der Waals surface area contributed by atoms with E-state index in [2.05, 4.69) is 5.32 Å². The molecule has 3 nitrogen and oxygen atoms in total. The second-order valence-corrected chi connectivity index (χ2v) is 6.04. The number of rotatable bonds is 4. The van der Waals surface area contributed by atoms with Crippen molar-refractivity contribution in [2.24, 2.45) is 0 Å². The second-order valence-electron chi connectivity index (χ2n) is 6.04. The fourth-order valence-electron chi connectivity index (χ4n) is 2.73. The monoisotopic (exact) mass is 319 g/mol. The van der Waals surface area contributed by atoms with Crippen LogP contribution < -0.4 is 10.1 Å². The Morgan fingerprint density at radius 2 is 1.75 bits per heavy atom. The van der Waals surface area contributed by atoms with Gasteiger partial charge in [-0.1, -0.05) is 54.1 Å². The Labute approximate surface area is 142 Å². The molecule has 3 aromatic carbocycles. The molecular weight excluding hydrogens is 298 g/mol. The molecule has 0 radical (unpaired) electrons. The number of aryl methyl sites for hydroxylation is 2. The third-order valence-electron chi connectivity index (χ3n) is 4.06. The summed E-state index contributed by atoms with van der Waals surface area (Å²) in [5.41, 5.74) is 3.03. The van der Waals surface area contributed by atoms with Gasteiger partial charge in [-0.2, -0.15) is 0 Å². The van der Waals surface area contributed by atoms with Crippen molar-refractivity contribution in [1.29, 1.82) is 0 Å². The van der Waals surface area contributed by atoms with Crippen molar-refractivity contribution in [1.82, 2.24) is 0 Å². The summed E-state index contributed by atoms with van der Waals surface area (Å²) in [7, 11) is 0. The van der Waals surface area contributed by atoms with Crippen LogP contribution in [0.15, 0.2) is 60.7 Å². The van der Waals surface area contributed by atoms with Gasteiger partial charge in [-0.3, -0.25) is 4.79 Å². The van der Waals surface area contributed by atoms with Crippen molar-refractivity contribution in [3.8, 4) is 5.75 Å². The number of carbonyl (C=O) groups is 1. The predicted octanol–water partition coefficient (Wildman–Crippen LogP) is 4.86. The minimum atomic E-state index is -0.587. The minimum Gasteiger partial charge on any atom is -0.480 e. The summed E-state index contributed by atoms with van der Waals surface area (Å²) in [6.45, 7) is 5.78. The molecule has 0 fully saturated rings. The van der Waals surface area contributed by atoms with Crippen LogP contribution in [-0.2, 0) is 4.79 Å². The Morgan fingerprint density at radius 3 is 2.54 bits per heavy atom. The molecule has 24 heavy (non-hydrogen) atoms.